The average molecular weight is 401 g/mol. The molecule has 6 heteroatoms. The smallest absolute Gasteiger partial charge is 0.239 e. The Morgan fingerprint density at radius 1 is 1.07 bits per heavy atom. The number of nitrogens with zero attached hydrogens (tertiary/aromatic N) is 2. The number of amides is 1. The van der Waals surface area contributed by atoms with Gasteiger partial charge in [0.1, 0.15) is 0 Å². The summed E-state index contributed by atoms with van der Waals surface area (Å²) in [6, 6.07) is 18.2. The van der Waals surface area contributed by atoms with Crippen LogP contribution >= 0.6 is 23.1 Å². The number of aromatic nitrogens is 1. The van der Waals surface area contributed by atoms with Gasteiger partial charge in [-0.25, -0.2) is 4.98 Å². The van der Waals surface area contributed by atoms with E-state index in [1.807, 2.05) is 53.4 Å². The van der Waals surface area contributed by atoms with E-state index < -0.39 is 0 Å². The number of carbonyl (C=O) groups is 1. The van der Waals surface area contributed by atoms with E-state index in [1.54, 1.807) is 23.1 Å². The average Bonchev–Trinajstić information content (AvgIpc) is 3.14. The van der Waals surface area contributed by atoms with Gasteiger partial charge in [0, 0.05) is 4.90 Å². The Balaban J connectivity index is 1.76. The summed E-state index contributed by atoms with van der Waals surface area (Å²) in [6.45, 7) is 8.14. The van der Waals surface area contributed by atoms with Gasteiger partial charge in [-0.3, -0.25) is 9.69 Å². The SMILES string of the molecule is CC[NH+](CC)CCN(C(=O)CSc1ccccc1)c1nc2ccccc2s1. The molecule has 27 heavy (non-hydrogen) atoms. The molecular formula is C21H26N3OS2+. The maximum Gasteiger partial charge on any atom is 0.239 e. The Morgan fingerprint density at radius 3 is 2.48 bits per heavy atom. The molecule has 0 unspecified atom stereocenters. The number of thiazole rings is 1. The lowest BCUT2D eigenvalue weighted by molar-refractivity contribution is -0.894. The third kappa shape index (κ3) is 5.31. The maximum atomic E-state index is 13.0. The quantitative estimate of drug-likeness (QED) is 0.560. The van der Waals surface area contributed by atoms with Crippen LogP contribution < -0.4 is 9.80 Å². The molecular weight excluding hydrogens is 374 g/mol. The first-order valence-electron chi connectivity index (χ1n) is 9.38. The molecule has 2 aromatic carbocycles. The van der Waals surface area contributed by atoms with Crippen molar-refractivity contribution in [2.75, 3.05) is 36.8 Å². The summed E-state index contributed by atoms with van der Waals surface area (Å²) in [6.07, 6.45) is 0. The van der Waals surface area contributed by atoms with E-state index in [0.717, 1.165) is 39.9 Å². The third-order valence-electron chi connectivity index (χ3n) is 4.61. The van der Waals surface area contributed by atoms with Crippen molar-refractivity contribution in [1.82, 2.24) is 4.98 Å². The molecule has 1 heterocycles. The highest BCUT2D eigenvalue weighted by Gasteiger charge is 2.21. The summed E-state index contributed by atoms with van der Waals surface area (Å²) in [5.41, 5.74) is 0.959. The molecule has 4 nitrogen and oxygen atoms in total. The van der Waals surface area contributed by atoms with E-state index in [0.29, 0.717) is 12.3 Å². The lowest BCUT2D eigenvalue weighted by Gasteiger charge is -2.23. The molecule has 0 aliphatic carbocycles. The Hall–Kier alpha value is -1.89. The summed E-state index contributed by atoms with van der Waals surface area (Å²) in [7, 11) is 0. The van der Waals surface area contributed by atoms with Crippen LogP contribution in [0.4, 0.5) is 5.13 Å². The summed E-state index contributed by atoms with van der Waals surface area (Å²) < 4.78 is 1.12. The summed E-state index contributed by atoms with van der Waals surface area (Å²) in [4.78, 5) is 22.3. The third-order valence-corrected chi connectivity index (χ3v) is 6.67. The van der Waals surface area contributed by atoms with E-state index in [1.165, 1.54) is 4.90 Å². The fourth-order valence-corrected chi connectivity index (χ4v) is 4.72. The molecule has 0 saturated carbocycles. The normalized spacial score (nSPS) is 11.2. The molecule has 1 N–H and O–H groups in total. The molecule has 1 aromatic heterocycles. The number of rotatable bonds is 9. The van der Waals surface area contributed by atoms with Crippen LogP contribution in [0.3, 0.4) is 0 Å². The van der Waals surface area contributed by atoms with Gasteiger partial charge in [-0.2, -0.15) is 0 Å². The summed E-state index contributed by atoms with van der Waals surface area (Å²) in [5, 5.41) is 0.807. The molecule has 0 aliphatic heterocycles. The second-order valence-corrected chi connectivity index (χ2v) is 8.38. The highest BCUT2D eigenvalue weighted by molar-refractivity contribution is 8.00. The minimum atomic E-state index is 0.120. The van der Waals surface area contributed by atoms with Crippen molar-refractivity contribution in [2.24, 2.45) is 0 Å². The number of likely N-dealkylation sites (N-methyl/N-ethyl adjacent to an activating group) is 1. The molecule has 1 amide bonds. The Kier molecular flexibility index (Phi) is 7.26. The lowest BCUT2D eigenvalue weighted by atomic mass is 10.3. The van der Waals surface area contributed by atoms with Gasteiger partial charge >= 0.3 is 0 Å². The van der Waals surface area contributed by atoms with Crippen LogP contribution in [-0.4, -0.2) is 42.8 Å². The topological polar surface area (TPSA) is 37.6 Å². The minimum absolute atomic E-state index is 0.120. The van der Waals surface area contributed by atoms with Crippen molar-refractivity contribution < 1.29 is 9.69 Å². The first-order valence-corrected chi connectivity index (χ1v) is 11.2. The minimum Gasteiger partial charge on any atom is -0.334 e. The van der Waals surface area contributed by atoms with E-state index in [9.17, 15) is 4.79 Å². The fraction of sp³-hybridized carbons (Fsp3) is 0.333. The van der Waals surface area contributed by atoms with Crippen molar-refractivity contribution in [1.29, 1.82) is 0 Å². The molecule has 3 rings (SSSR count). The van der Waals surface area contributed by atoms with Gasteiger partial charge in [-0.1, -0.05) is 41.7 Å². The second kappa shape index (κ2) is 9.88. The summed E-state index contributed by atoms with van der Waals surface area (Å²) in [5.74, 6) is 0.544. The number of para-hydroxylation sites is 1. The lowest BCUT2D eigenvalue weighted by Crippen LogP contribution is -3.12. The highest BCUT2D eigenvalue weighted by atomic mass is 32.2. The molecule has 0 aliphatic rings. The number of hydrogen-bond acceptors (Lipinski definition) is 4. The first kappa shape index (κ1) is 19.9. The van der Waals surface area contributed by atoms with Crippen LogP contribution in [0, 0.1) is 0 Å². The molecule has 3 aromatic rings. The molecule has 0 fully saturated rings. The predicted octanol–water partition coefficient (Wildman–Crippen LogP) is 3.35. The Morgan fingerprint density at radius 2 is 1.78 bits per heavy atom. The predicted molar refractivity (Wildman–Crippen MR) is 116 cm³/mol. The Bertz CT molecular complexity index is 829. The number of benzene rings is 2. The van der Waals surface area contributed by atoms with Crippen LogP contribution in [0.25, 0.3) is 10.2 Å². The zero-order chi connectivity index (χ0) is 19.1. The zero-order valence-corrected chi connectivity index (χ0v) is 17.5. The number of thioether (sulfide) groups is 1. The van der Waals surface area contributed by atoms with Crippen LogP contribution in [0.1, 0.15) is 13.8 Å². The highest BCUT2D eigenvalue weighted by Crippen LogP contribution is 2.29. The van der Waals surface area contributed by atoms with Gasteiger partial charge in [0.05, 0.1) is 42.1 Å². The molecule has 0 spiro atoms. The van der Waals surface area contributed by atoms with Crippen LogP contribution in [0.15, 0.2) is 59.5 Å². The second-order valence-electron chi connectivity index (χ2n) is 6.32. The van der Waals surface area contributed by atoms with E-state index in [-0.39, 0.29) is 5.91 Å². The van der Waals surface area contributed by atoms with Gasteiger partial charge in [0.2, 0.25) is 5.91 Å². The summed E-state index contributed by atoms with van der Waals surface area (Å²) >= 11 is 3.18. The van der Waals surface area contributed by atoms with Gasteiger partial charge < -0.3 is 4.90 Å². The van der Waals surface area contributed by atoms with Crippen molar-refractivity contribution in [2.45, 2.75) is 18.7 Å². The molecule has 0 saturated heterocycles. The number of hydrogen-bond donors (Lipinski definition) is 1. The van der Waals surface area contributed by atoms with Crippen molar-refractivity contribution >= 4 is 44.4 Å². The molecule has 0 atom stereocenters. The number of quaternary nitrogens is 1. The van der Waals surface area contributed by atoms with Crippen LogP contribution in [0.5, 0.6) is 0 Å². The number of anilines is 1. The largest absolute Gasteiger partial charge is 0.334 e. The maximum absolute atomic E-state index is 13.0. The monoisotopic (exact) mass is 400 g/mol. The zero-order valence-electron chi connectivity index (χ0n) is 15.9. The molecule has 0 radical (unpaired) electrons. The standard InChI is InChI=1S/C21H25N3OS2/c1-3-23(4-2)14-15-24(20(25)16-26-17-10-6-5-7-11-17)21-22-18-12-8-9-13-19(18)27-21/h5-13H,3-4,14-16H2,1-2H3/p+1. The van der Waals surface area contributed by atoms with E-state index in [4.69, 9.17) is 4.98 Å². The van der Waals surface area contributed by atoms with Crippen molar-refractivity contribution in [3.8, 4) is 0 Å². The Labute approximate surface area is 169 Å². The van der Waals surface area contributed by atoms with Gasteiger partial charge in [0.25, 0.3) is 0 Å². The van der Waals surface area contributed by atoms with Crippen LogP contribution in [-0.2, 0) is 4.79 Å². The fourth-order valence-electron chi connectivity index (χ4n) is 2.92. The van der Waals surface area contributed by atoms with Crippen LogP contribution in [0.2, 0.25) is 0 Å². The van der Waals surface area contributed by atoms with Gasteiger partial charge in [-0.15, -0.1) is 11.8 Å². The number of fused-ring (bicyclic) bond motifs is 1. The van der Waals surface area contributed by atoms with Gasteiger partial charge in [0.15, 0.2) is 5.13 Å². The van der Waals surface area contributed by atoms with E-state index in [2.05, 4.69) is 19.9 Å². The molecule has 0 bridgehead atoms. The first-order chi connectivity index (χ1) is 13.2. The molecule has 142 valence electrons. The number of nitrogens with one attached hydrogen (secondary N) is 1. The van der Waals surface area contributed by atoms with Crippen molar-refractivity contribution in [3.05, 3.63) is 54.6 Å². The van der Waals surface area contributed by atoms with E-state index >= 15 is 0 Å². The number of carbonyl (C=O) groups excluding carboxylic acids is 1. The van der Waals surface area contributed by atoms with Gasteiger partial charge in [-0.05, 0) is 38.1 Å². The van der Waals surface area contributed by atoms with Crippen molar-refractivity contribution in [3.63, 3.8) is 0 Å².